The number of oxime groups is 1. The molecule has 0 saturated carbocycles. The van der Waals surface area contributed by atoms with E-state index in [0.29, 0.717) is 0 Å². The summed E-state index contributed by atoms with van der Waals surface area (Å²) in [7, 11) is 0. The third-order valence-corrected chi connectivity index (χ3v) is 0.767. The maximum atomic E-state index is 8.26. The lowest BCUT2D eigenvalue weighted by Crippen LogP contribution is -1.77. The molecule has 10 heavy (non-hydrogen) atoms. The summed E-state index contributed by atoms with van der Waals surface area (Å²) in [6.07, 6.45) is 6.40. The fourth-order valence-electron chi connectivity index (χ4n) is 0.403. The maximum absolute atomic E-state index is 8.26. The van der Waals surface area contributed by atoms with Crippen LogP contribution in [0.25, 0.3) is 0 Å². The van der Waals surface area contributed by atoms with Crippen LogP contribution in [0.4, 0.5) is 0 Å². The number of nitriles is 1. The van der Waals surface area contributed by atoms with Crippen LogP contribution in [0.1, 0.15) is 0 Å². The Balaban J connectivity index is 0.000000810. The monoisotopic (exact) mass is 156 g/mol. The molecule has 0 N–H and O–H groups in total. The molecule has 0 bridgehead atoms. The summed E-state index contributed by atoms with van der Waals surface area (Å²) in [5.41, 5.74) is 0. The fraction of sp³-hybridized carbons (Fsp3) is 0. The highest BCUT2D eigenvalue weighted by atomic mass is 35.5. The molecule has 0 aromatic rings. The van der Waals surface area contributed by atoms with Crippen LogP contribution in [-0.2, 0) is 4.84 Å². The molecule has 1 heterocycles. The van der Waals surface area contributed by atoms with Crippen molar-refractivity contribution >= 4 is 18.6 Å². The Hall–Kier alpha value is -1.27. The fourth-order valence-corrected chi connectivity index (χ4v) is 0.403. The summed E-state index contributed by atoms with van der Waals surface area (Å²) >= 11 is 0. The first-order chi connectivity index (χ1) is 4.43. The van der Waals surface area contributed by atoms with E-state index < -0.39 is 0 Å². The molecule has 3 nitrogen and oxygen atoms in total. The van der Waals surface area contributed by atoms with Gasteiger partial charge in [-0.25, -0.2) is 0 Å². The zero-order valence-corrected chi connectivity index (χ0v) is 5.84. The minimum absolute atomic E-state index is 0. The van der Waals surface area contributed by atoms with Crippen molar-refractivity contribution in [1.82, 2.24) is 0 Å². The second-order valence-electron chi connectivity index (χ2n) is 1.37. The predicted molar refractivity (Wildman–Crippen MR) is 39.7 cm³/mol. The van der Waals surface area contributed by atoms with Gasteiger partial charge in [0, 0.05) is 0 Å². The number of hydrogen-bond donors (Lipinski definition) is 0. The van der Waals surface area contributed by atoms with Crippen LogP contribution in [0.3, 0.4) is 0 Å². The molecule has 4 heteroatoms. The number of allylic oxidation sites excluding steroid dienone is 4. The minimum Gasteiger partial charge on any atom is -0.346 e. The smallest absolute Gasteiger partial charge is 0.234 e. The standard InChI is InChI=1S/C6H4N2O.ClH/c7-5-6-3-1-2-4-8-9-6;/h1-4H;1H. The van der Waals surface area contributed by atoms with Crippen molar-refractivity contribution in [3.05, 3.63) is 24.0 Å². The SMILES string of the molecule is Cl.N#CC1=CC=CC=NO1. The average Bonchev–Trinajstić information content (AvgIpc) is 2.13. The van der Waals surface area contributed by atoms with Crippen molar-refractivity contribution in [2.24, 2.45) is 5.16 Å². The molecule has 0 atom stereocenters. The molecule has 0 aliphatic carbocycles. The summed E-state index contributed by atoms with van der Waals surface area (Å²) in [4.78, 5) is 4.56. The predicted octanol–water partition coefficient (Wildman–Crippen LogP) is 1.39. The topological polar surface area (TPSA) is 45.4 Å². The Kier molecular flexibility index (Phi) is 4.01. The van der Waals surface area contributed by atoms with Crippen LogP contribution >= 0.6 is 12.4 Å². The van der Waals surface area contributed by atoms with Crippen molar-refractivity contribution in [2.75, 3.05) is 0 Å². The second kappa shape index (κ2) is 4.59. The highest BCUT2D eigenvalue weighted by Crippen LogP contribution is 1.97. The zero-order valence-electron chi connectivity index (χ0n) is 5.02. The van der Waals surface area contributed by atoms with Gasteiger partial charge in [-0.2, -0.15) is 5.26 Å². The lowest BCUT2D eigenvalue weighted by Gasteiger charge is -1.87. The first-order valence-electron chi connectivity index (χ1n) is 2.41. The summed E-state index contributed by atoms with van der Waals surface area (Å²) in [5.74, 6) is 0.208. The summed E-state index contributed by atoms with van der Waals surface area (Å²) < 4.78 is 0. The van der Waals surface area contributed by atoms with Crippen LogP contribution in [-0.4, -0.2) is 6.21 Å². The van der Waals surface area contributed by atoms with Crippen LogP contribution in [0, 0.1) is 11.3 Å². The van der Waals surface area contributed by atoms with E-state index in [4.69, 9.17) is 5.26 Å². The zero-order chi connectivity index (χ0) is 6.53. The van der Waals surface area contributed by atoms with Gasteiger partial charge in [0.25, 0.3) is 0 Å². The highest BCUT2D eigenvalue weighted by molar-refractivity contribution is 5.85. The number of hydrogen-bond acceptors (Lipinski definition) is 3. The van der Waals surface area contributed by atoms with Gasteiger partial charge >= 0.3 is 0 Å². The molecule has 0 aromatic carbocycles. The molecule has 52 valence electrons. The first kappa shape index (κ1) is 8.73. The Morgan fingerprint density at radius 2 is 2.30 bits per heavy atom. The van der Waals surface area contributed by atoms with Gasteiger partial charge < -0.3 is 4.84 Å². The van der Waals surface area contributed by atoms with Gasteiger partial charge in [0.05, 0.1) is 6.21 Å². The van der Waals surface area contributed by atoms with Crippen LogP contribution in [0.15, 0.2) is 29.1 Å². The van der Waals surface area contributed by atoms with Crippen LogP contribution < -0.4 is 0 Å². The third-order valence-electron chi connectivity index (χ3n) is 0.767. The number of halogens is 1. The summed E-state index contributed by atoms with van der Waals surface area (Å²) in [6, 6.07) is 1.82. The lowest BCUT2D eigenvalue weighted by molar-refractivity contribution is 0.247. The Labute approximate surface area is 64.7 Å². The van der Waals surface area contributed by atoms with Crippen molar-refractivity contribution in [2.45, 2.75) is 0 Å². The van der Waals surface area contributed by atoms with Gasteiger partial charge in [0.1, 0.15) is 6.07 Å². The first-order valence-corrected chi connectivity index (χ1v) is 2.41. The Bertz CT molecular complexity index is 224. The number of nitrogens with zero attached hydrogens (tertiary/aromatic N) is 2. The Morgan fingerprint density at radius 1 is 1.50 bits per heavy atom. The maximum Gasteiger partial charge on any atom is 0.234 e. The van der Waals surface area contributed by atoms with Gasteiger partial charge in [0.2, 0.25) is 5.76 Å². The molecule has 1 aliphatic rings. The van der Waals surface area contributed by atoms with E-state index in [0.717, 1.165) is 0 Å². The van der Waals surface area contributed by atoms with E-state index in [1.807, 2.05) is 6.07 Å². The molecule has 1 rings (SSSR count). The van der Waals surface area contributed by atoms with Gasteiger partial charge in [0.15, 0.2) is 0 Å². The van der Waals surface area contributed by atoms with Gasteiger partial charge in [-0.05, 0) is 12.2 Å². The normalized spacial score (nSPS) is 13.7. The van der Waals surface area contributed by atoms with E-state index >= 15 is 0 Å². The molecule has 0 unspecified atom stereocenters. The molecule has 0 aromatic heterocycles. The van der Waals surface area contributed by atoms with Gasteiger partial charge in [-0.15, -0.1) is 12.4 Å². The van der Waals surface area contributed by atoms with E-state index in [2.05, 4.69) is 9.99 Å². The average molecular weight is 157 g/mol. The van der Waals surface area contributed by atoms with Crippen LogP contribution in [0.5, 0.6) is 0 Å². The quantitative estimate of drug-likeness (QED) is 0.532. The van der Waals surface area contributed by atoms with E-state index in [-0.39, 0.29) is 18.2 Å². The van der Waals surface area contributed by atoms with E-state index in [1.54, 1.807) is 18.2 Å². The van der Waals surface area contributed by atoms with E-state index in [1.165, 1.54) is 6.21 Å². The largest absolute Gasteiger partial charge is 0.346 e. The number of rotatable bonds is 0. The van der Waals surface area contributed by atoms with Crippen LogP contribution in [0.2, 0.25) is 0 Å². The second-order valence-corrected chi connectivity index (χ2v) is 1.37. The molecule has 0 amide bonds. The molecular formula is C6H5ClN2O. The molecular weight excluding hydrogens is 152 g/mol. The molecule has 1 aliphatic heterocycles. The molecule has 0 fully saturated rings. The minimum atomic E-state index is 0. The van der Waals surface area contributed by atoms with Crippen molar-refractivity contribution < 1.29 is 4.84 Å². The van der Waals surface area contributed by atoms with Crippen molar-refractivity contribution in [3.8, 4) is 6.07 Å². The molecule has 0 radical (unpaired) electrons. The highest BCUT2D eigenvalue weighted by Gasteiger charge is 1.91. The van der Waals surface area contributed by atoms with Crippen molar-refractivity contribution in [3.63, 3.8) is 0 Å². The van der Waals surface area contributed by atoms with Gasteiger partial charge in [-0.3, -0.25) is 0 Å². The molecule has 0 saturated heterocycles. The molecule has 0 spiro atoms. The summed E-state index contributed by atoms with van der Waals surface area (Å²) in [6.45, 7) is 0. The summed E-state index contributed by atoms with van der Waals surface area (Å²) in [5, 5.41) is 11.7. The van der Waals surface area contributed by atoms with Crippen molar-refractivity contribution in [1.29, 1.82) is 5.26 Å². The lowest BCUT2D eigenvalue weighted by atomic mass is 10.4. The Morgan fingerprint density at radius 3 is 3.00 bits per heavy atom. The third kappa shape index (κ3) is 2.33. The van der Waals surface area contributed by atoms with Gasteiger partial charge in [-0.1, -0.05) is 11.2 Å². The van der Waals surface area contributed by atoms with E-state index in [9.17, 15) is 0 Å².